The third-order valence-corrected chi connectivity index (χ3v) is 4.40. The monoisotopic (exact) mass is 390 g/mol. The van der Waals surface area contributed by atoms with Crippen molar-refractivity contribution in [2.45, 2.75) is 63.6 Å². The molecule has 0 bridgehead atoms. The molecule has 0 saturated heterocycles. The molecule has 0 aliphatic rings. The quantitative estimate of drug-likeness (QED) is 0.231. The van der Waals surface area contributed by atoms with E-state index < -0.39 is 63.7 Å². The van der Waals surface area contributed by atoms with Gasteiger partial charge in [0.15, 0.2) is 46.7 Å². The number of hydrogen-bond donors (Lipinski definition) is 5. The van der Waals surface area contributed by atoms with Gasteiger partial charge in [-0.1, -0.05) is 0 Å². The molecule has 0 fully saturated rings. The Bertz CT molecular complexity index is 711. The van der Waals surface area contributed by atoms with Crippen molar-refractivity contribution < 1.29 is 54.3 Å². The molecule has 5 N–H and O–H groups in total. The first-order valence-corrected chi connectivity index (χ1v) is 7.57. The summed E-state index contributed by atoms with van der Waals surface area (Å²) in [4.78, 5) is 71.5. The van der Waals surface area contributed by atoms with Crippen LogP contribution < -0.4 is 0 Å². The Morgan fingerprint density at radius 3 is 1.30 bits per heavy atom. The second kappa shape index (κ2) is 7.82. The Morgan fingerprint density at radius 1 is 0.667 bits per heavy atom. The highest BCUT2D eigenvalue weighted by Crippen LogP contribution is 2.40. The van der Waals surface area contributed by atoms with Crippen LogP contribution in [-0.2, 0) is 28.8 Å². The molecule has 11 heteroatoms. The zero-order valence-corrected chi connectivity index (χ0v) is 15.3. The first kappa shape index (κ1) is 24.8. The van der Waals surface area contributed by atoms with Gasteiger partial charge in [0.1, 0.15) is 0 Å². The minimum atomic E-state index is -4.11. The van der Waals surface area contributed by atoms with E-state index in [2.05, 4.69) is 0 Å². The molecular weight excluding hydrogens is 368 g/mol. The molecule has 27 heavy (non-hydrogen) atoms. The molecule has 11 nitrogen and oxygen atoms in total. The van der Waals surface area contributed by atoms with Crippen molar-refractivity contribution in [2.24, 2.45) is 0 Å². The second-order valence-corrected chi connectivity index (χ2v) is 6.25. The maximum absolute atomic E-state index is 12.4. The molecule has 152 valence electrons. The molecule has 5 atom stereocenters. The summed E-state index contributed by atoms with van der Waals surface area (Å²) in [5.74, 6) is -9.98. The Balaban J connectivity index is 7.28. The summed E-state index contributed by atoms with van der Waals surface area (Å²) < 4.78 is 0. The fourth-order valence-corrected chi connectivity index (χ4v) is 2.73. The number of carbonyl (C=O) groups excluding carboxylic acids is 6. The van der Waals surface area contributed by atoms with Crippen molar-refractivity contribution in [3.05, 3.63) is 0 Å². The molecule has 0 aliphatic heterocycles. The van der Waals surface area contributed by atoms with E-state index in [4.69, 9.17) is 0 Å². The molecule has 5 unspecified atom stereocenters. The average Bonchev–Trinajstić information content (AvgIpc) is 2.56. The van der Waals surface area contributed by atoms with Crippen molar-refractivity contribution in [3.63, 3.8) is 0 Å². The van der Waals surface area contributed by atoms with E-state index >= 15 is 0 Å². The molecule has 0 aromatic rings. The van der Waals surface area contributed by atoms with Gasteiger partial charge in [-0.15, -0.1) is 0 Å². The van der Waals surface area contributed by atoms with Gasteiger partial charge in [0.25, 0.3) is 0 Å². The van der Waals surface area contributed by atoms with Crippen molar-refractivity contribution in [1.82, 2.24) is 0 Å². The largest absolute Gasteiger partial charge is 0.382 e. The lowest BCUT2D eigenvalue weighted by Gasteiger charge is -2.48. The van der Waals surface area contributed by atoms with Crippen LogP contribution in [0.3, 0.4) is 0 Å². The van der Waals surface area contributed by atoms with Crippen LogP contribution in [0, 0.1) is 0 Å². The van der Waals surface area contributed by atoms with Gasteiger partial charge in [-0.2, -0.15) is 0 Å². The van der Waals surface area contributed by atoms with Crippen molar-refractivity contribution in [2.75, 3.05) is 0 Å². The first-order valence-electron chi connectivity index (χ1n) is 7.57. The molecule has 0 spiro atoms. The molecule has 0 heterocycles. The fourth-order valence-electron chi connectivity index (χ4n) is 2.73. The number of carbonyl (C=O) groups is 6. The van der Waals surface area contributed by atoms with Crippen molar-refractivity contribution in [1.29, 1.82) is 0 Å². The van der Waals surface area contributed by atoms with E-state index in [0.29, 0.717) is 34.6 Å². The van der Waals surface area contributed by atoms with Crippen LogP contribution in [0.4, 0.5) is 0 Å². The van der Waals surface area contributed by atoms with Gasteiger partial charge in [0.05, 0.1) is 0 Å². The number of aliphatic hydroxyl groups excluding tert-OH is 2. The summed E-state index contributed by atoms with van der Waals surface area (Å²) in [5.41, 5.74) is -12.0. The molecule has 0 saturated carbocycles. The Hall–Kier alpha value is -2.18. The van der Waals surface area contributed by atoms with Crippen LogP contribution >= 0.6 is 0 Å². The van der Waals surface area contributed by atoms with Crippen LogP contribution in [0.25, 0.3) is 0 Å². The molecule has 0 radical (unpaired) electrons. The average molecular weight is 390 g/mol. The van der Waals surface area contributed by atoms with E-state index in [1.54, 1.807) is 0 Å². The molecule has 0 aliphatic carbocycles. The minimum absolute atomic E-state index is 0.447. The van der Waals surface area contributed by atoms with Gasteiger partial charge in [0.2, 0.25) is 17.0 Å². The van der Waals surface area contributed by atoms with Gasteiger partial charge < -0.3 is 25.5 Å². The van der Waals surface area contributed by atoms with Crippen LogP contribution in [0.15, 0.2) is 0 Å². The summed E-state index contributed by atoms with van der Waals surface area (Å²) in [6, 6.07) is 0. The lowest BCUT2D eigenvalue weighted by molar-refractivity contribution is -0.243. The second-order valence-electron chi connectivity index (χ2n) is 6.25. The zero-order valence-electron chi connectivity index (χ0n) is 15.3. The normalized spacial score (nSPS) is 20.2. The third kappa shape index (κ3) is 3.39. The highest BCUT2D eigenvalue weighted by molar-refractivity contribution is 6.23. The maximum Gasteiger partial charge on any atom is 0.223 e. The van der Waals surface area contributed by atoms with Crippen molar-refractivity contribution >= 4 is 34.7 Å². The van der Waals surface area contributed by atoms with E-state index in [1.807, 2.05) is 0 Å². The predicted octanol–water partition coefficient (Wildman–Crippen LogP) is -3.58. The third-order valence-electron chi connectivity index (χ3n) is 4.40. The lowest BCUT2D eigenvalue weighted by atomic mass is 9.60. The summed E-state index contributed by atoms with van der Waals surface area (Å²) in [7, 11) is 0. The number of ketones is 6. The number of aliphatic hydroxyl groups is 5. The van der Waals surface area contributed by atoms with E-state index in [9.17, 15) is 54.3 Å². The predicted molar refractivity (Wildman–Crippen MR) is 85.3 cm³/mol. The highest BCUT2D eigenvalue weighted by atomic mass is 16.4. The minimum Gasteiger partial charge on any atom is -0.382 e. The summed E-state index contributed by atoms with van der Waals surface area (Å²) in [6.45, 7) is 2.74. The first-order chi connectivity index (χ1) is 11.9. The zero-order chi connectivity index (χ0) is 22.1. The van der Waals surface area contributed by atoms with Crippen LogP contribution in [0.1, 0.15) is 34.6 Å². The topological polar surface area (TPSA) is 204 Å². The maximum atomic E-state index is 12.4. The van der Waals surface area contributed by atoms with Crippen molar-refractivity contribution in [3.8, 4) is 0 Å². The number of rotatable bonds is 10. The molecule has 0 aromatic heterocycles. The fraction of sp³-hybridized carbons (Fsp3) is 0.625. The van der Waals surface area contributed by atoms with E-state index in [1.165, 1.54) is 0 Å². The standard InChI is InChI=1S/C16H22O11/c1-6(17)11(22)13(24)15(26,9(4)20)16(27,10(5)21)14(25,8(3)19)12(23)7(2)18/h11-12,22-23,25-27H,1-5H3. The molecule has 0 rings (SSSR count). The van der Waals surface area contributed by atoms with E-state index in [-0.39, 0.29) is 0 Å². The molecule has 0 aromatic carbocycles. The van der Waals surface area contributed by atoms with Crippen LogP contribution in [0.5, 0.6) is 0 Å². The van der Waals surface area contributed by atoms with Gasteiger partial charge in [0, 0.05) is 0 Å². The van der Waals surface area contributed by atoms with Gasteiger partial charge >= 0.3 is 0 Å². The van der Waals surface area contributed by atoms with E-state index in [0.717, 1.165) is 0 Å². The Morgan fingerprint density at radius 2 is 1.07 bits per heavy atom. The molecular formula is C16H22O11. The van der Waals surface area contributed by atoms with Gasteiger partial charge in [-0.05, 0) is 34.6 Å². The number of hydrogen-bond acceptors (Lipinski definition) is 11. The van der Waals surface area contributed by atoms with Crippen LogP contribution in [-0.4, -0.2) is 89.2 Å². The SMILES string of the molecule is CC(=O)C(O)C(=O)C(O)(C(C)=O)C(O)(C(C)=O)C(O)(C(C)=O)C(O)C(C)=O. The number of Topliss-reactive ketones (excluding diaryl/α,β-unsaturated/α-hetero) is 6. The molecule has 0 amide bonds. The smallest absolute Gasteiger partial charge is 0.223 e. The van der Waals surface area contributed by atoms with Crippen LogP contribution in [0.2, 0.25) is 0 Å². The Labute approximate surface area is 153 Å². The lowest BCUT2D eigenvalue weighted by Crippen LogP contribution is -2.82. The summed E-state index contributed by atoms with van der Waals surface area (Å²) in [5, 5.41) is 51.8. The Kier molecular flexibility index (Phi) is 7.19. The van der Waals surface area contributed by atoms with Gasteiger partial charge in [-0.25, -0.2) is 0 Å². The van der Waals surface area contributed by atoms with Gasteiger partial charge in [-0.3, -0.25) is 28.8 Å². The highest BCUT2D eigenvalue weighted by Gasteiger charge is 2.75. The summed E-state index contributed by atoms with van der Waals surface area (Å²) in [6.07, 6.45) is -5.58. The summed E-state index contributed by atoms with van der Waals surface area (Å²) >= 11 is 0.